The Morgan fingerprint density at radius 1 is 1.70 bits per heavy atom. The second kappa shape index (κ2) is 3.12. The second-order valence-electron chi connectivity index (χ2n) is 2.32. The molecule has 0 heterocycles. The van der Waals surface area contributed by atoms with Crippen LogP contribution < -0.4 is 0 Å². The Kier molecular flexibility index (Phi) is 2.40. The van der Waals surface area contributed by atoms with E-state index < -0.39 is 0 Å². The first-order chi connectivity index (χ1) is 4.79. The molecule has 0 bridgehead atoms. The summed E-state index contributed by atoms with van der Waals surface area (Å²) >= 11 is 0. The molecule has 1 saturated carbocycles. The predicted octanol–water partition coefficient (Wildman–Crippen LogP) is 0.379. The van der Waals surface area contributed by atoms with Gasteiger partial charge in [-0.3, -0.25) is 4.79 Å². The van der Waals surface area contributed by atoms with Gasteiger partial charge in [-0.2, -0.15) is 0 Å². The van der Waals surface area contributed by atoms with Crippen LogP contribution in [0.2, 0.25) is 0 Å². The van der Waals surface area contributed by atoms with Crippen LogP contribution in [0.3, 0.4) is 0 Å². The van der Waals surface area contributed by atoms with E-state index in [0.717, 1.165) is 0 Å². The second-order valence-corrected chi connectivity index (χ2v) is 2.32. The van der Waals surface area contributed by atoms with Gasteiger partial charge in [0.05, 0.1) is 6.10 Å². The van der Waals surface area contributed by atoms with Crippen molar-refractivity contribution in [2.24, 2.45) is 0 Å². The van der Waals surface area contributed by atoms with Crippen LogP contribution in [0.15, 0.2) is 0 Å². The number of hydrogen-bond donors (Lipinski definition) is 0. The van der Waals surface area contributed by atoms with E-state index in [1.165, 1.54) is 7.11 Å². The van der Waals surface area contributed by atoms with Crippen LogP contribution in [0.25, 0.3) is 0 Å². The van der Waals surface area contributed by atoms with E-state index in [1.807, 2.05) is 6.92 Å². The van der Waals surface area contributed by atoms with Crippen molar-refractivity contribution in [3.8, 4) is 0 Å². The molecular weight excluding hydrogens is 132 g/mol. The maximum atomic E-state index is 10.7. The van der Waals surface area contributed by atoms with Crippen molar-refractivity contribution < 1.29 is 14.3 Å². The number of hydrogen-bond acceptors (Lipinski definition) is 3. The molecule has 2 atom stereocenters. The molecule has 10 heavy (non-hydrogen) atoms. The zero-order chi connectivity index (χ0) is 7.56. The highest BCUT2D eigenvalue weighted by molar-refractivity contribution is 5.90. The molecule has 1 fully saturated rings. The summed E-state index contributed by atoms with van der Waals surface area (Å²) in [7, 11) is 1.54. The molecule has 1 aliphatic rings. The van der Waals surface area contributed by atoms with Gasteiger partial charge in [0.2, 0.25) is 0 Å². The number of ether oxygens (including phenoxy) is 2. The number of Topliss-reactive ketones (excluding diaryl/α,β-unsaturated/α-hetero) is 1. The molecule has 1 aliphatic carbocycles. The van der Waals surface area contributed by atoms with Gasteiger partial charge < -0.3 is 9.47 Å². The van der Waals surface area contributed by atoms with Crippen LogP contribution in [-0.4, -0.2) is 31.7 Å². The summed E-state index contributed by atoms with van der Waals surface area (Å²) in [6.45, 7) is 2.56. The molecule has 3 heteroatoms. The minimum atomic E-state index is -0.292. The van der Waals surface area contributed by atoms with E-state index in [9.17, 15) is 4.79 Å². The monoisotopic (exact) mass is 144 g/mol. The maximum absolute atomic E-state index is 10.7. The fraction of sp³-hybridized carbons (Fsp3) is 0.857. The SMILES string of the molecule is CCO[C@@H]1CC(=O)[C@H]1OC. The lowest BCUT2D eigenvalue weighted by Crippen LogP contribution is -2.49. The summed E-state index contributed by atoms with van der Waals surface area (Å²) in [5, 5.41) is 0. The largest absolute Gasteiger partial charge is 0.375 e. The standard InChI is InChI=1S/C7H12O3/c1-3-10-6-4-5(8)7(6)9-2/h6-7H,3-4H2,1-2H3/t6-,7-/m1/s1. The molecular formula is C7H12O3. The van der Waals surface area contributed by atoms with E-state index in [2.05, 4.69) is 0 Å². The highest BCUT2D eigenvalue weighted by atomic mass is 16.5. The molecule has 0 radical (unpaired) electrons. The van der Waals surface area contributed by atoms with Crippen molar-refractivity contribution >= 4 is 5.78 Å². The fourth-order valence-corrected chi connectivity index (χ4v) is 1.11. The number of ketones is 1. The molecule has 0 aromatic heterocycles. The Labute approximate surface area is 60.3 Å². The predicted molar refractivity (Wildman–Crippen MR) is 35.8 cm³/mol. The quantitative estimate of drug-likeness (QED) is 0.574. The summed E-state index contributed by atoms with van der Waals surface area (Å²) in [5.41, 5.74) is 0. The Bertz CT molecular complexity index is 133. The zero-order valence-electron chi connectivity index (χ0n) is 6.29. The van der Waals surface area contributed by atoms with Crippen LogP contribution in [0.1, 0.15) is 13.3 Å². The zero-order valence-corrected chi connectivity index (χ0v) is 6.29. The lowest BCUT2D eigenvalue weighted by molar-refractivity contribution is -0.160. The third kappa shape index (κ3) is 1.20. The van der Waals surface area contributed by atoms with Crippen molar-refractivity contribution in [1.82, 2.24) is 0 Å². The highest BCUT2D eigenvalue weighted by Gasteiger charge is 2.40. The van der Waals surface area contributed by atoms with E-state index in [4.69, 9.17) is 9.47 Å². The molecule has 0 amide bonds. The lowest BCUT2D eigenvalue weighted by Gasteiger charge is -2.32. The first-order valence-corrected chi connectivity index (χ1v) is 3.46. The average molecular weight is 144 g/mol. The minimum Gasteiger partial charge on any atom is -0.375 e. The number of methoxy groups -OCH3 is 1. The highest BCUT2D eigenvalue weighted by Crippen LogP contribution is 2.21. The normalized spacial score (nSPS) is 32.0. The molecule has 0 unspecified atom stereocenters. The third-order valence-electron chi connectivity index (χ3n) is 1.69. The van der Waals surface area contributed by atoms with Gasteiger partial charge in [-0.15, -0.1) is 0 Å². The summed E-state index contributed by atoms with van der Waals surface area (Å²) in [5.74, 6) is 0.154. The lowest BCUT2D eigenvalue weighted by atomic mass is 9.90. The molecule has 3 nitrogen and oxygen atoms in total. The number of carbonyl (C=O) groups excluding carboxylic acids is 1. The Balaban J connectivity index is 2.30. The molecule has 0 aromatic rings. The van der Waals surface area contributed by atoms with Crippen LogP contribution >= 0.6 is 0 Å². The van der Waals surface area contributed by atoms with Crippen LogP contribution in [0.5, 0.6) is 0 Å². The summed E-state index contributed by atoms with van der Waals surface area (Å²) in [6, 6.07) is 0. The summed E-state index contributed by atoms with van der Waals surface area (Å²) in [4.78, 5) is 10.7. The molecule has 1 rings (SSSR count). The van der Waals surface area contributed by atoms with Crippen molar-refractivity contribution in [3.05, 3.63) is 0 Å². The van der Waals surface area contributed by atoms with E-state index in [1.54, 1.807) is 0 Å². The van der Waals surface area contributed by atoms with Gasteiger partial charge in [0, 0.05) is 20.1 Å². The molecule has 0 spiro atoms. The van der Waals surface area contributed by atoms with Gasteiger partial charge in [-0.25, -0.2) is 0 Å². The minimum absolute atomic E-state index is 0.0162. The molecule has 0 N–H and O–H groups in total. The first kappa shape index (κ1) is 7.69. The Morgan fingerprint density at radius 3 is 2.80 bits per heavy atom. The van der Waals surface area contributed by atoms with Crippen molar-refractivity contribution in [2.45, 2.75) is 25.6 Å². The van der Waals surface area contributed by atoms with Gasteiger partial charge in [0.25, 0.3) is 0 Å². The number of carbonyl (C=O) groups is 1. The topological polar surface area (TPSA) is 35.5 Å². The molecule has 0 aliphatic heterocycles. The van der Waals surface area contributed by atoms with Crippen LogP contribution in [-0.2, 0) is 14.3 Å². The molecule has 0 aromatic carbocycles. The van der Waals surface area contributed by atoms with Gasteiger partial charge in [-0.1, -0.05) is 0 Å². The summed E-state index contributed by atoms with van der Waals surface area (Å²) < 4.78 is 10.1. The average Bonchev–Trinajstić information content (AvgIpc) is 1.88. The summed E-state index contributed by atoms with van der Waals surface area (Å²) in [6.07, 6.45) is 0.245. The smallest absolute Gasteiger partial charge is 0.166 e. The first-order valence-electron chi connectivity index (χ1n) is 3.46. The van der Waals surface area contributed by atoms with E-state index in [0.29, 0.717) is 13.0 Å². The maximum Gasteiger partial charge on any atom is 0.166 e. The van der Waals surface area contributed by atoms with Crippen LogP contribution in [0.4, 0.5) is 0 Å². The van der Waals surface area contributed by atoms with Gasteiger partial charge >= 0.3 is 0 Å². The number of rotatable bonds is 3. The van der Waals surface area contributed by atoms with E-state index >= 15 is 0 Å². The van der Waals surface area contributed by atoms with Crippen molar-refractivity contribution in [1.29, 1.82) is 0 Å². The molecule has 58 valence electrons. The Hall–Kier alpha value is -0.410. The fourth-order valence-electron chi connectivity index (χ4n) is 1.11. The van der Waals surface area contributed by atoms with Crippen molar-refractivity contribution in [2.75, 3.05) is 13.7 Å². The van der Waals surface area contributed by atoms with Crippen LogP contribution in [0, 0.1) is 0 Å². The van der Waals surface area contributed by atoms with Gasteiger partial charge in [0.15, 0.2) is 5.78 Å². The third-order valence-corrected chi connectivity index (χ3v) is 1.69. The van der Waals surface area contributed by atoms with Gasteiger partial charge in [0.1, 0.15) is 6.10 Å². The molecule has 0 saturated heterocycles. The Morgan fingerprint density at radius 2 is 2.40 bits per heavy atom. The van der Waals surface area contributed by atoms with Gasteiger partial charge in [-0.05, 0) is 6.92 Å². The van der Waals surface area contributed by atoms with Crippen molar-refractivity contribution in [3.63, 3.8) is 0 Å². The van der Waals surface area contributed by atoms with E-state index in [-0.39, 0.29) is 18.0 Å².